The molecule has 0 aliphatic carbocycles. The van der Waals surface area contributed by atoms with Crippen molar-refractivity contribution in [2.45, 2.75) is 58.3 Å². The van der Waals surface area contributed by atoms with Crippen molar-refractivity contribution in [3.63, 3.8) is 0 Å². The summed E-state index contributed by atoms with van der Waals surface area (Å²) in [6.07, 6.45) is 0.274. The van der Waals surface area contributed by atoms with Crippen LogP contribution in [-0.2, 0) is 4.79 Å². The Kier molecular flexibility index (Phi) is 8.59. The van der Waals surface area contributed by atoms with Gasteiger partial charge in [0, 0.05) is 49.1 Å². The first-order chi connectivity index (χ1) is 19.1. The van der Waals surface area contributed by atoms with Crippen LogP contribution in [0.15, 0.2) is 30.3 Å². The van der Waals surface area contributed by atoms with Crippen molar-refractivity contribution in [2.75, 3.05) is 37.9 Å². The van der Waals surface area contributed by atoms with Crippen LogP contribution < -0.4 is 25.4 Å². The number of carbonyl (C=O) groups excluding carboxylic acids is 1. The molecule has 2 aromatic carbocycles. The highest BCUT2D eigenvalue weighted by atomic mass is 19.1. The average Bonchev–Trinajstić information content (AvgIpc) is 2.92. The molecule has 0 saturated carbocycles. The van der Waals surface area contributed by atoms with Gasteiger partial charge in [0.1, 0.15) is 11.3 Å². The van der Waals surface area contributed by atoms with Crippen LogP contribution in [0.1, 0.15) is 51.3 Å². The number of amides is 1. The largest absolute Gasteiger partial charge is 0.493 e. The number of hydrogen-bond acceptors (Lipinski definition) is 9. The molecule has 2 heterocycles. The van der Waals surface area contributed by atoms with Gasteiger partial charge in [-0.05, 0) is 37.6 Å². The first-order valence-corrected chi connectivity index (χ1v) is 13.3. The maximum absolute atomic E-state index is 15.4. The lowest BCUT2D eigenvalue weighted by Crippen LogP contribution is -2.59. The number of rotatable bonds is 8. The molecule has 1 aliphatic rings. The normalized spacial score (nSPS) is 18.1. The van der Waals surface area contributed by atoms with Crippen LogP contribution >= 0.6 is 0 Å². The van der Waals surface area contributed by atoms with E-state index in [0.29, 0.717) is 30.0 Å². The maximum atomic E-state index is 15.4. The Bertz CT molecular complexity index is 1410. The number of nitrogens with one attached hydrogen (secondary N) is 1. The Morgan fingerprint density at radius 1 is 1.18 bits per heavy atom. The number of nitrogens with two attached hydrogens (primary N) is 1. The fourth-order valence-electron chi connectivity index (χ4n) is 5.34. The lowest BCUT2D eigenvalue weighted by molar-refractivity contribution is -0.133. The summed E-state index contributed by atoms with van der Waals surface area (Å²) in [5.41, 5.74) is 7.83. The molecule has 3 atom stereocenters. The highest BCUT2D eigenvalue weighted by molar-refractivity contribution is 5.92. The van der Waals surface area contributed by atoms with Gasteiger partial charge in [-0.15, -0.1) is 0 Å². The first-order valence-electron chi connectivity index (χ1n) is 13.3. The molecular formula is C29H36FN7O3. The minimum Gasteiger partial charge on any atom is -0.493 e. The van der Waals surface area contributed by atoms with E-state index in [4.69, 9.17) is 20.5 Å². The molecule has 1 aliphatic heterocycles. The molecule has 10 nitrogen and oxygen atoms in total. The Morgan fingerprint density at radius 2 is 1.82 bits per heavy atom. The number of fused-ring (bicyclic) bond motifs is 1. The van der Waals surface area contributed by atoms with Gasteiger partial charge in [0.05, 0.1) is 25.9 Å². The Balaban J connectivity index is 1.56. The van der Waals surface area contributed by atoms with E-state index in [1.54, 1.807) is 18.2 Å². The molecule has 212 valence electrons. The first kappa shape index (κ1) is 28.8. The van der Waals surface area contributed by atoms with Crippen molar-refractivity contribution in [1.29, 1.82) is 5.26 Å². The molecule has 3 unspecified atom stereocenters. The minimum atomic E-state index is -0.673. The van der Waals surface area contributed by atoms with E-state index in [1.165, 1.54) is 14.2 Å². The molecule has 1 saturated heterocycles. The summed E-state index contributed by atoms with van der Waals surface area (Å²) in [6.45, 7) is 8.92. The molecule has 1 amide bonds. The third-order valence-corrected chi connectivity index (χ3v) is 7.15. The number of nitriles is 1. The maximum Gasteiger partial charge on any atom is 0.228 e. The summed E-state index contributed by atoms with van der Waals surface area (Å²) >= 11 is 0. The SMILES string of the molecule is COc1cc2c(N)nc(N3C(C)CN(C(=O)CC(NC(C)C)c4ccc(C#N)cc4)CC3C)nc2c(F)c1OC. The van der Waals surface area contributed by atoms with Gasteiger partial charge in [-0.3, -0.25) is 4.79 Å². The van der Waals surface area contributed by atoms with Crippen molar-refractivity contribution >= 4 is 28.6 Å². The summed E-state index contributed by atoms with van der Waals surface area (Å²) in [7, 11) is 2.78. The number of methoxy groups -OCH3 is 2. The summed E-state index contributed by atoms with van der Waals surface area (Å²) in [4.78, 5) is 26.4. The van der Waals surface area contributed by atoms with E-state index in [1.807, 2.05) is 49.6 Å². The van der Waals surface area contributed by atoms with Gasteiger partial charge in [-0.25, -0.2) is 9.37 Å². The van der Waals surface area contributed by atoms with Crippen molar-refractivity contribution in [1.82, 2.24) is 20.2 Å². The zero-order chi connectivity index (χ0) is 29.1. The van der Waals surface area contributed by atoms with Crippen molar-refractivity contribution in [3.05, 3.63) is 47.3 Å². The number of benzene rings is 2. The molecule has 3 aromatic rings. The predicted molar refractivity (Wildman–Crippen MR) is 152 cm³/mol. The van der Waals surface area contributed by atoms with Crippen LogP contribution in [0.3, 0.4) is 0 Å². The number of piperazine rings is 1. The van der Waals surface area contributed by atoms with Gasteiger partial charge in [-0.1, -0.05) is 26.0 Å². The predicted octanol–water partition coefficient (Wildman–Crippen LogP) is 3.79. The molecule has 0 radical (unpaired) electrons. The van der Waals surface area contributed by atoms with Gasteiger partial charge in [0.25, 0.3) is 0 Å². The summed E-state index contributed by atoms with van der Waals surface area (Å²) in [6, 6.07) is 10.7. The highest BCUT2D eigenvalue weighted by Crippen LogP contribution is 2.38. The highest BCUT2D eigenvalue weighted by Gasteiger charge is 2.35. The number of carbonyl (C=O) groups is 1. The molecule has 1 fully saturated rings. The number of nitrogen functional groups attached to an aromatic ring is 1. The zero-order valence-corrected chi connectivity index (χ0v) is 23.7. The van der Waals surface area contributed by atoms with E-state index < -0.39 is 5.82 Å². The molecule has 1 aromatic heterocycles. The quantitative estimate of drug-likeness (QED) is 0.431. The second-order valence-electron chi connectivity index (χ2n) is 10.4. The van der Waals surface area contributed by atoms with Crippen LogP contribution in [0.25, 0.3) is 10.9 Å². The van der Waals surface area contributed by atoms with Gasteiger partial charge in [-0.2, -0.15) is 10.2 Å². The number of aromatic nitrogens is 2. The second-order valence-corrected chi connectivity index (χ2v) is 10.4. The Hall–Kier alpha value is -4.17. The van der Waals surface area contributed by atoms with E-state index in [-0.39, 0.29) is 59.3 Å². The van der Waals surface area contributed by atoms with E-state index in [0.717, 1.165) is 5.56 Å². The lowest BCUT2D eigenvalue weighted by Gasteiger charge is -2.44. The smallest absolute Gasteiger partial charge is 0.228 e. The third kappa shape index (κ3) is 5.72. The third-order valence-electron chi connectivity index (χ3n) is 7.15. The molecular weight excluding hydrogens is 513 g/mol. The van der Waals surface area contributed by atoms with Gasteiger partial charge < -0.3 is 30.3 Å². The van der Waals surface area contributed by atoms with E-state index >= 15 is 4.39 Å². The monoisotopic (exact) mass is 549 g/mol. The molecule has 4 rings (SSSR count). The number of halogens is 1. The van der Waals surface area contributed by atoms with Gasteiger partial charge in [0.2, 0.25) is 11.9 Å². The topological polar surface area (TPSA) is 130 Å². The van der Waals surface area contributed by atoms with Crippen LogP contribution in [-0.4, -0.2) is 66.2 Å². The Labute approximate surface area is 233 Å². The summed E-state index contributed by atoms with van der Waals surface area (Å²) in [5, 5.41) is 12.9. The van der Waals surface area contributed by atoms with Crippen LogP contribution in [0.5, 0.6) is 11.5 Å². The number of nitrogens with zero attached hydrogens (tertiary/aromatic N) is 5. The standard InChI is InChI=1S/C29H36FN7O3/c1-16(2)33-22(20-9-7-19(13-31)8-10-20)12-24(38)36-14-17(3)37(18(4)15-36)29-34-26-21(28(32)35-29)11-23(39-5)27(40-6)25(26)30/h7-11,16-18,22,33H,12,14-15H2,1-6H3,(H2,32,34,35). The Morgan fingerprint density at radius 3 is 2.38 bits per heavy atom. The summed E-state index contributed by atoms with van der Waals surface area (Å²) in [5.74, 6) is -0.0866. The average molecular weight is 550 g/mol. The fourth-order valence-corrected chi connectivity index (χ4v) is 5.34. The second kappa shape index (κ2) is 11.9. The molecule has 0 bridgehead atoms. The molecule has 40 heavy (non-hydrogen) atoms. The summed E-state index contributed by atoms with van der Waals surface area (Å²) < 4.78 is 25.8. The molecule has 11 heteroatoms. The minimum absolute atomic E-state index is 0.0164. The van der Waals surface area contributed by atoms with Crippen molar-refractivity contribution in [2.24, 2.45) is 0 Å². The lowest BCUT2D eigenvalue weighted by atomic mass is 9.99. The van der Waals surface area contributed by atoms with E-state index in [2.05, 4.69) is 21.4 Å². The van der Waals surface area contributed by atoms with Gasteiger partial charge >= 0.3 is 0 Å². The van der Waals surface area contributed by atoms with Crippen LogP contribution in [0, 0.1) is 17.1 Å². The van der Waals surface area contributed by atoms with Crippen molar-refractivity contribution in [3.8, 4) is 17.6 Å². The van der Waals surface area contributed by atoms with Crippen molar-refractivity contribution < 1.29 is 18.7 Å². The number of anilines is 2. The number of ether oxygens (including phenoxy) is 2. The molecule has 0 spiro atoms. The van der Waals surface area contributed by atoms with Crippen LogP contribution in [0.4, 0.5) is 16.2 Å². The zero-order valence-electron chi connectivity index (χ0n) is 23.7. The van der Waals surface area contributed by atoms with E-state index in [9.17, 15) is 4.79 Å². The molecule has 3 N–H and O–H groups in total. The van der Waals surface area contributed by atoms with Crippen LogP contribution in [0.2, 0.25) is 0 Å². The van der Waals surface area contributed by atoms with Gasteiger partial charge in [0.15, 0.2) is 17.3 Å². The fraction of sp³-hybridized carbons (Fsp3) is 0.448. The number of hydrogen-bond donors (Lipinski definition) is 2.